The van der Waals surface area contributed by atoms with Crippen molar-refractivity contribution >= 4 is 116 Å². The van der Waals surface area contributed by atoms with Gasteiger partial charge < -0.3 is 4.98 Å². The zero-order chi connectivity index (χ0) is 33.9. The van der Waals surface area contributed by atoms with Crippen LogP contribution in [0.15, 0.2) is 158 Å². The summed E-state index contributed by atoms with van der Waals surface area (Å²) in [7, 11) is 0. The van der Waals surface area contributed by atoms with Crippen molar-refractivity contribution in [1.82, 2.24) is 4.98 Å². The summed E-state index contributed by atoms with van der Waals surface area (Å²) in [6, 6.07) is 58.7. The minimum absolute atomic E-state index is 1.16. The van der Waals surface area contributed by atoms with Gasteiger partial charge in [0.2, 0.25) is 0 Å². The van der Waals surface area contributed by atoms with Crippen molar-refractivity contribution in [3.05, 3.63) is 158 Å². The molecule has 0 fully saturated rings. The Morgan fingerprint density at radius 3 is 1.35 bits per heavy atom. The third-order valence-electron chi connectivity index (χ3n) is 10.8. The van der Waals surface area contributed by atoms with Crippen LogP contribution in [0.3, 0.4) is 0 Å². The van der Waals surface area contributed by atoms with Crippen molar-refractivity contribution in [2.24, 2.45) is 0 Å². The monoisotopic (exact) mass is 713 g/mol. The Bertz CT molecular complexity index is 3420. The number of nitrogens with one attached hydrogen (secondary N) is 1. The second-order valence-electron chi connectivity index (χ2n) is 13.7. The Hall–Kier alpha value is -5.78. The van der Waals surface area contributed by atoms with Gasteiger partial charge in [-0.25, -0.2) is 0 Å². The largest absolute Gasteiger partial charge is 0.354 e. The normalized spacial score (nSPS) is 12.2. The van der Waals surface area contributed by atoms with E-state index in [0.717, 1.165) is 5.52 Å². The molecule has 242 valence electrons. The summed E-state index contributed by atoms with van der Waals surface area (Å²) >= 11 is 5.69. The molecule has 0 aliphatic carbocycles. The van der Waals surface area contributed by atoms with Gasteiger partial charge in [-0.1, -0.05) is 115 Å². The Labute approximate surface area is 310 Å². The van der Waals surface area contributed by atoms with Gasteiger partial charge in [-0.05, 0) is 64.7 Å². The first kappa shape index (κ1) is 28.9. The number of fused-ring (bicyclic) bond motifs is 12. The van der Waals surface area contributed by atoms with Crippen molar-refractivity contribution in [3.63, 3.8) is 0 Å². The van der Waals surface area contributed by atoms with Crippen molar-refractivity contribution in [3.8, 4) is 33.4 Å². The molecule has 0 radical (unpaired) electrons. The standard InChI is InChI=1S/C48H27NS3/c1-4-19-42-31(10-1)34-15-7-13-29(46(34)50-42)27-22-23-41-38(24-27)40-26-28(30-14-8-16-35-32-11-2-5-20-43(32)51-47(30)35)25-39(45(40)49-41)37-18-9-17-36-33-12-3-6-21-44(33)52-48(36)37/h1-26,49H. The minimum Gasteiger partial charge on any atom is -0.354 e. The first-order valence-electron chi connectivity index (χ1n) is 17.6. The highest BCUT2D eigenvalue weighted by atomic mass is 32.1. The number of H-pyrrole nitrogens is 1. The zero-order valence-electron chi connectivity index (χ0n) is 27.7. The Balaban J connectivity index is 1.17. The van der Waals surface area contributed by atoms with Crippen LogP contribution < -0.4 is 0 Å². The second kappa shape index (κ2) is 10.9. The molecule has 4 heteroatoms. The van der Waals surface area contributed by atoms with E-state index in [-0.39, 0.29) is 0 Å². The first-order chi connectivity index (χ1) is 25.8. The summed E-state index contributed by atoms with van der Waals surface area (Å²) in [5.41, 5.74) is 9.92. The quantitative estimate of drug-likeness (QED) is 0.188. The number of hydrogen-bond donors (Lipinski definition) is 1. The van der Waals surface area contributed by atoms with E-state index >= 15 is 0 Å². The van der Waals surface area contributed by atoms with Gasteiger partial charge in [0.1, 0.15) is 0 Å². The Morgan fingerprint density at radius 1 is 0.308 bits per heavy atom. The number of aromatic amines is 1. The van der Waals surface area contributed by atoms with Crippen molar-refractivity contribution < 1.29 is 0 Å². The summed E-state index contributed by atoms with van der Waals surface area (Å²) in [6.07, 6.45) is 0. The summed E-state index contributed by atoms with van der Waals surface area (Å²) in [5.74, 6) is 0. The lowest BCUT2D eigenvalue weighted by Gasteiger charge is -2.11. The molecule has 0 amide bonds. The molecule has 1 nitrogen and oxygen atoms in total. The topological polar surface area (TPSA) is 15.8 Å². The van der Waals surface area contributed by atoms with Gasteiger partial charge in [-0.2, -0.15) is 0 Å². The molecule has 1 N–H and O–H groups in total. The zero-order valence-corrected chi connectivity index (χ0v) is 30.2. The number of rotatable bonds is 3. The third-order valence-corrected chi connectivity index (χ3v) is 14.5. The fraction of sp³-hybridized carbons (Fsp3) is 0. The highest BCUT2D eigenvalue weighted by Gasteiger charge is 2.20. The highest BCUT2D eigenvalue weighted by molar-refractivity contribution is 7.27. The van der Waals surface area contributed by atoms with E-state index in [1.54, 1.807) is 0 Å². The molecule has 0 spiro atoms. The van der Waals surface area contributed by atoms with E-state index in [2.05, 4.69) is 163 Å². The van der Waals surface area contributed by atoms with E-state index < -0.39 is 0 Å². The first-order valence-corrected chi connectivity index (χ1v) is 20.0. The van der Waals surface area contributed by atoms with Crippen LogP contribution in [0.5, 0.6) is 0 Å². The average molecular weight is 714 g/mol. The minimum atomic E-state index is 1.16. The van der Waals surface area contributed by atoms with Crippen molar-refractivity contribution in [2.45, 2.75) is 0 Å². The lowest BCUT2D eigenvalue weighted by Crippen LogP contribution is -1.86. The highest BCUT2D eigenvalue weighted by Crippen LogP contribution is 2.47. The molecule has 12 rings (SSSR count). The van der Waals surface area contributed by atoms with E-state index in [4.69, 9.17) is 0 Å². The number of aromatic nitrogens is 1. The van der Waals surface area contributed by atoms with Gasteiger partial charge in [0, 0.05) is 87.9 Å². The molecular weight excluding hydrogens is 687 g/mol. The number of benzene rings is 8. The number of hydrogen-bond acceptors (Lipinski definition) is 3. The van der Waals surface area contributed by atoms with E-state index in [1.807, 2.05) is 34.0 Å². The summed E-state index contributed by atoms with van der Waals surface area (Å²) < 4.78 is 8.00. The van der Waals surface area contributed by atoms with E-state index in [9.17, 15) is 0 Å². The van der Waals surface area contributed by atoms with Crippen LogP contribution in [0.4, 0.5) is 0 Å². The molecule has 0 saturated heterocycles. The van der Waals surface area contributed by atoms with Gasteiger partial charge in [0.25, 0.3) is 0 Å². The predicted octanol–water partition coefficient (Wildman–Crippen LogP) is 15.4. The molecule has 0 unspecified atom stereocenters. The fourth-order valence-electron chi connectivity index (χ4n) is 8.44. The summed E-state index contributed by atoms with van der Waals surface area (Å²) in [6.45, 7) is 0. The molecule has 0 bridgehead atoms. The maximum Gasteiger partial charge on any atom is 0.0545 e. The van der Waals surface area contributed by atoms with Gasteiger partial charge >= 0.3 is 0 Å². The predicted molar refractivity (Wildman–Crippen MR) is 231 cm³/mol. The van der Waals surface area contributed by atoms with Crippen molar-refractivity contribution in [1.29, 1.82) is 0 Å². The SMILES string of the molecule is c1ccc2c(c1)sc1c(-c3ccc4[nH]c5c(-c6cccc7c6sc6ccccc67)cc(-c6cccc7c6sc6ccccc67)cc5c4c3)cccc12. The molecule has 0 aliphatic rings. The van der Waals surface area contributed by atoms with Crippen LogP contribution in [-0.2, 0) is 0 Å². The lowest BCUT2D eigenvalue weighted by molar-refractivity contribution is 1.54. The van der Waals surface area contributed by atoms with Crippen LogP contribution >= 0.6 is 34.0 Å². The molecule has 4 heterocycles. The van der Waals surface area contributed by atoms with Crippen molar-refractivity contribution in [2.75, 3.05) is 0 Å². The maximum atomic E-state index is 3.93. The van der Waals surface area contributed by atoms with Crippen LogP contribution in [0.2, 0.25) is 0 Å². The molecule has 4 aromatic heterocycles. The van der Waals surface area contributed by atoms with Crippen LogP contribution in [0, 0.1) is 0 Å². The second-order valence-corrected chi connectivity index (χ2v) is 16.8. The van der Waals surface area contributed by atoms with Gasteiger partial charge in [0.15, 0.2) is 0 Å². The van der Waals surface area contributed by atoms with Crippen LogP contribution in [0.1, 0.15) is 0 Å². The molecule has 8 aromatic carbocycles. The average Bonchev–Trinajstić information content (AvgIpc) is 3.97. The van der Waals surface area contributed by atoms with Gasteiger partial charge in [0.05, 0.1) is 5.52 Å². The van der Waals surface area contributed by atoms with Crippen LogP contribution in [-0.4, -0.2) is 4.98 Å². The smallest absolute Gasteiger partial charge is 0.0545 e. The van der Waals surface area contributed by atoms with Crippen LogP contribution in [0.25, 0.3) is 116 Å². The lowest BCUT2D eigenvalue weighted by atomic mass is 9.93. The number of thiophene rings is 3. The van der Waals surface area contributed by atoms with E-state index in [0.29, 0.717) is 0 Å². The molecule has 52 heavy (non-hydrogen) atoms. The van der Waals surface area contributed by atoms with E-state index in [1.165, 1.54) is 110 Å². The summed E-state index contributed by atoms with van der Waals surface area (Å²) in [4.78, 5) is 3.93. The van der Waals surface area contributed by atoms with Gasteiger partial charge in [-0.15, -0.1) is 34.0 Å². The Kier molecular flexibility index (Phi) is 6.03. The third kappa shape index (κ3) is 4.08. The molecule has 0 aliphatic heterocycles. The molecule has 12 aromatic rings. The Morgan fingerprint density at radius 2 is 0.769 bits per heavy atom. The molecular formula is C48H27NS3. The molecule has 0 saturated carbocycles. The summed E-state index contributed by atoms with van der Waals surface area (Å²) in [5, 5.41) is 10.5. The maximum absolute atomic E-state index is 3.93. The fourth-order valence-corrected chi connectivity index (χ4v) is 12.2. The van der Waals surface area contributed by atoms with Gasteiger partial charge in [-0.3, -0.25) is 0 Å². The molecule has 0 atom stereocenters.